The molecule has 3 amide bonds. The molecule has 9 heteroatoms. The van der Waals surface area contributed by atoms with Crippen molar-refractivity contribution in [2.45, 2.75) is 51.8 Å². The Labute approximate surface area is 257 Å². The quantitative estimate of drug-likeness (QED) is 0.191. The number of fused-ring (bicyclic) bond motifs is 1. The van der Waals surface area contributed by atoms with Crippen molar-refractivity contribution >= 4 is 34.4 Å². The van der Waals surface area contributed by atoms with Gasteiger partial charge in [-0.25, -0.2) is 4.79 Å². The van der Waals surface area contributed by atoms with Gasteiger partial charge in [0.15, 0.2) is 0 Å². The lowest BCUT2D eigenvalue weighted by molar-refractivity contribution is -0.141. The Morgan fingerprint density at radius 2 is 1.59 bits per heavy atom. The first-order valence-electron chi connectivity index (χ1n) is 14.5. The first-order chi connectivity index (χ1) is 20.9. The van der Waals surface area contributed by atoms with Crippen LogP contribution in [-0.2, 0) is 20.7 Å². The second-order valence-electron chi connectivity index (χ2n) is 11.7. The number of anilines is 1. The highest BCUT2D eigenvalue weighted by molar-refractivity contribution is 6.00. The monoisotopic (exact) mass is 597 g/mol. The van der Waals surface area contributed by atoms with E-state index in [9.17, 15) is 24.6 Å². The number of hydrogen-bond donors (Lipinski definition) is 4. The lowest BCUT2D eigenvalue weighted by atomic mass is 9.99. The smallest absolute Gasteiger partial charge is 0.408 e. The third kappa shape index (κ3) is 8.58. The van der Waals surface area contributed by atoms with E-state index in [1.165, 1.54) is 17.0 Å². The third-order valence-electron chi connectivity index (χ3n) is 6.92. The highest BCUT2D eigenvalue weighted by atomic mass is 16.6. The lowest BCUT2D eigenvalue weighted by Gasteiger charge is -2.34. The van der Waals surface area contributed by atoms with Crippen LogP contribution in [0.15, 0.2) is 91.0 Å². The second-order valence-corrected chi connectivity index (χ2v) is 11.7. The minimum Gasteiger partial charge on any atom is -0.508 e. The molecule has 44 heavy (non-hydrogen) atoms. The molecule has 230 valence electrons. The Morgan fingerprint density at radius 3 is 2.25 bits per heavy atom. The number of benzene rings is 4. The maximum atomic E-state index is 14.4. The summed E-state index contributed by atoms with van der Waals surface area (Å²) in [5, 5.41) is 27.4. The molecule has 0 aromatic heterocycles. The summed E-state index contributed by atoms with van der Waals surface area (Å²) in [7, 11) is 0. The highest BCUT2D eigenvalue weighted by Crippen LogP contribution is 2.27. The van der Waals surface area contributed by atoms with Crippen LogP contribution < -0.4 is 10.6 Å². The Hall–Kier alpha value is -4.89. The molecular weight excluding hydrogens is 558 g/mol. The van der Waals surface area contributed by atoms with Crippen molar-refractivity contribution in [1.82, 2.24) is 10.2 Å². The van der Waals surface area contributed by atoms with E-state index in [4.69, 9.17) is 4.74 Å². The Kier molecular flexibility index (Phi) is 10.2. The largest absolute Gasteiger partial charge is 0.508 e. The van der Waals surface area contributed by atoms with Crippen molar-refractivity contribution in [3.05, 3.63) is 108 Å². The van der Waals surface area contributed by atoms with Gasteiger partial charge in [0.1, 0.15) is 23.4 Å². The third-order valence-corrected chi connectivity index (χ3v) is 6.92. The molecule has 0 saturated heterocycles. The number of hydrogen-bond acceptors (Lipinski definition) is 6. The first-order valence-corrected chi connectivity index (χ1v) is 14.5. The van der Waals surface area contributed by atoms with Crippen LogP contribution in [0.2, 0.25) is 0 Å². The number of carbonyl (C=O) groups excluding carboxylic acids is 3. The number of nitrogens with one attached hydrogen (secondary N) is 2. The molecule has 0 aliphatic rings. The zero-order valence-corrected chi connectivity index (χ0v) is 25.4. The van der Waals surface area contributed by atoms with Gasteiger partial charge >= 0.3 is 6.09 Å². The second kappa shape index (κ2) is 14.1. The number of phenols is 1. The van der Waals surface area contributed by atoms with E-state index in [0.717, 1.165) is 16.3 Å². The van der Waals surface area contributed by atoms with E-state index in [0.29, 0.717) is 16.8 Å². The normalized spacial score (nSPS) is 12.7. The molecule has 2 atom stereocenters. The fourth-order valence-corrected chi connectivity index (χ4v) is 4.98. The van der Waals surface area contributed by atoms with Crippen molar-refractivity contribution < 1.29 is 29.3 Å². The topological polar surface area (TPSA) is 128 Å². The van der Waals surface area contributed by atoms with Crippen molar-refractivity contribution in [2.75, 3.05) is 18.5 Å². The standard InChI is InChI=1S/C35H39N3O6/c1-23-8-7-11-27(20-23)31(32(41)36-28-15-14-25-9-5-6-10-26(25)22-28)38(18-19-39)33(42)30(37-34(43)44-35(2,3)4)21-24-12-16-29(40)17-13-24/h5-17,20,22,30-31,39-40H,18-19,21H2,1-4H3,(H,36,41)(H,37,43). The summed E-state index contributed by atoms with van der Waals surface area (Å²) >= 11 is 0. The summed E-state index contributed by atoms with van der Waals surface area (Å²) in [5.41, 5.74) is 1.83. The van der Waals surface area contributed by atoms with Gasteiger partial charge in [-0.05, 0) is 73.9 Å². The number of nitrogens with zero attached hydrogens (tertiary/aromatic N) is 1. The summed E-state index contributed by atoms with van der Waals surface area (Å²) in [5.74, 6) is -1.00. The molecule has 0 fully saturated rings. The average molecular weight is 598 g/mol. The molecule has 4 aromatic carbocycles. The molecule has 0 saturated carbocycles. The van der Waals surface area contributed by atoms with E-state index in [-0.39, 0.29) is 18.7 Å². The number of alkyl carbamates (subject to hydrolysis) is 1. The van der Waals surface area contributed by atoms with E-state index in [1.807, 2.05) is 55.5 Å². The van der Waals surface area contributed by atoms with Crippen LogP contribution >= 0.6 is 0 Å². The number of carbonyl (C=O) groups is 3. The van der Waals surface area contributed by atoms with Crippen LogP contribution in [0.25, 0.3) is 10.8 Å². The van der Waals surface area contributed by atoms with Gasteiger partial charge < -0.3 is 30.5 Å². The summed E-state index contributed by atoms with van der Waals surface area (Å²) in [4.78, 5) is 42.6. The van der Waals surface area contributed by atoms with Gasteiger partial charge in [-0.2, -0.15) is 0 Å². The van der Waals surface area contributed by atoms with E-state index in [1.54, 1.807) is 51.1 Å². The van der Waals surface area contributed by atoms with Gasteiger partial charge in [0.2, 0.25) is 5.91 Å². The molecule has 0 spiro atoms. The minimum absolute atomic E-state index is 0.0487. The van der Waals surface area contributed by atoms with Crippen molar-refractivity contribution in [3.8, 4) is 5.75 Å². The molecule has 4 aromatic rings. The molecule has 0 heterocycles. The number of rotatable bonds is 10. The molecule has 4 N–H and O–H groups in total. The molecule has 0 aliphatic heterocycles. The number of aromatic hydroxyl groups is 1. The van der Waals surface area contributed by atoms with E-state index in [2.05, 4.69) is 10.6 Å². The summed E-state index contributed by atoms with van der Waals surface area (Å²) in [6.07, 6.45) is -0.751. The Balaban J connectivity index is 1.72. The number of phenolic OH excluding ortho intramolecular Hbond substituents is 1. The SMILES string of the molecule is Cc1cccc(C(C(=O)Nc2ccc3ccccc3c2)N(CCO)C(=O)C(Cc2ccc(O)cc2)NC(=O)OC(C)(C)C)c1. The van der Waals surface area contributed by atoms with Crippen LogP contribution in [0.1, 0.15) is 43.5 Å². The Morgan fingerprint density at radius 1 is 0.886 bits per heavy atom. The van der Waals surface area contributed by atoms with Crippen molar-refractivity contribution in [2.24, 2.45) is 0 Å². The molecule has 2 unspecified atom stereocenters. The zero-order chi connectivity index (χ0) is 31.9. The number of amides is 3. The number of ether oxygens (including phenoxy) is 1. The summed E-state index contributed by atoms with van der Waals surface area (Å²) < 4.78 is 5.45. The van der Waals surface area contributed by atoms with Crippen LogP contribution in [0.3, 0.4) is 0 Å². The maximum absolute atomic E-state index is 14.4. The van der Waals surface area contributed by atoms with Gasteiger partial charge in [-0.3, -0.25) is 9.59 Å². The highest BCUT2D eigenvalue weighted by Gasteiger charge is 2.36. The summed E-state index contributed by atoms with van der Waals surface area (Å²) in [6, 6.07) is 24.6. The molecular formula is C35H39N3O6. The fourth-order valence-electron chi connectivity index (χ4n) is 4.98. The van der Waals surface area contributed by atoms with E-state index >= 15 is 0 Å². The van der Waals surface area contributed by atoms with Gasteiger partial charge in [0.05, 0.1) is 6.61 Å². The van der Waals surface area contributed by atoms with E-state index < -0.39 is 42.2 Å². The first kappa shape index (κ1) is 32.0. The predicted octanol–water partition coefficient (Wildman–Crippen LogP) is 5.49. The molecule has 0 radical (unpaired) electrons. The van der Waals surface area contributed by atoms with Gasteiger partial charge in [0.25, 0.3) is 5.91 Å². The Bertz CT molecular complexity index is 1610. The van der Waals surface area contributed by atoms with Crippen LogP contribution in [0, 0.1) is 6.92 Å². The van der Waals surface area contributed by atoms with Gasteiger partial charge in [-0.1, -0.05) is 72.3 Å². The molecule has 0 bridgehead atoms. The maximum Gasteiger partial charge on any atom is 0.408 e. The van der Waals surface area contributed by atoms with Crippen LogP contribution in [0.5, 0.6) is 5.75 Å². The predicted molar refractivity (Wildman–Crippen MR) is 170 cm³/mol. The van der Waals surface area contributed by atoms with Gasteiger partial charge in [-0.15, -0.1) is 0 Å². The molecule has 4 rings (SSSR count). The minimum atomic E-state index is -1.15. The zero-order valence-electron chi connectivity index (χ0n) is 25.4. The van der Waals surface area contributed by atoms with Crippen molar-refractivity contribution in [1.29, 1.82) is 0 Å². The van der Waals surface area contributed by atoms with Crippen LogP contribution in [0.4, 0.5) is 10.5 Å². The number of aryl methyl sites for hydroxylation is 1. The average Bonchev–Trinajstić information content (AvgIpc) is 2.96. The number of aliphatic hydroxyl groups is 1. The summed E-state index contributed by atoms with van der Waals surface area (Å²) in [6.45, 7) is 6.43. The molecule has 9 nitrogen and oxygen atoms in total. The van der Waals surface area contributed by atoms with Crippen molar-refractivity contribution in [3.63, 3.8) is 0 Å². The lowest BCUT2D eigenvalue weighted by Crippen LogP contribution is -2.53. The van der Waals surface area contributed by atoms with Crippen LogP contribution in [-0.4, -0.2) is 57.8 Å². The van der Waals surface area contributed by atoms with Gasteiger partial charge in [0, 0.05) is 18.7 Å². The molecule has 0 aliphatic carbocycles. The number of aliphatic hydroxyl groups excluding tert-OH is 1. The fraction of sp³-hybridized carbons (Fsp3) is 0.286.